The van der Waals surface area contributed by atoms with Gasteiger partial charge in [-0.15, -0.1) is 0 Å². The van der Waals surface area contributed by atoms with Crippen LogP contribution in [0.25, 0.3) is 5.78 Å². The van der Waals surface area contributed by atoms with Gasteiger partial charge in [0.05, 0.1) is 12.0 Å². The van der Waals surface area contributed by atoms with E-state index in [4.69, 9.17) is 4.74 Å². The Bertz CT molecular complexity index is 694. The molecule has 2 fully saturated rings. The number of rotatable bonds is 3. The molecule has 0 radical (unpaired) electrons. The van der Waals surface area contributed by atoms with E-state index in [1.807, 2.05) is 13.0 Å². The third kappa shape index (κ3) is 2.27. The maximum atomic E-state index is 12.6. The lowest BCUT2D eigenvalue weighted by Gasteiger charge is -2.17. The number of aryl methyl sites for hydroxylation is 1. The van der Waals surface area contributed by atoms with Gasteiger partial charge in [0.2, 0.25) is 5.91 Å². The second kappa shape index (κ2) is 4.77. The van der Waals surface area contributed by atoms with E-state index in [0.717, 1.165) is 12.1 Å². The van der Waals surface area contributed by atoms with Crippen molar-refractivity contribution in [2.24, 2.45) is 11.8 Å². The Kier molecular flexibility index (Phi) is 2.88. The van der Waals surface area contributed by atoms with Gasteiger partial charge in [-0.05, 0) is 32.1 Å². The van der Waals surface area contributed by atoms with Crippen LogP contribution >= 0.6 is 0 Å². The van der Waals surface area contributed by atoms with Crippen molar-refractivity contribution in [2.75, 3.05) is 11.9 Å². The largest absolute Gasteiger partial charge is 0.377 e. The zero-order chi connectivity index (χ0) is 14.4. The van der Waals surface area contributed by atoms with Crippen LogP contribution < -0.4 is 5.32 Å². The van der Waals surface area contributed by atoms with Gasteiger partial charge in [0, 0.05) is 18.4 Å². The molecule has 0 unspecified atom stereocenters. The Balaban J connectivity index is 1.59. The molecule has 2 atom stereocenters. The first-order valence-corrected chi connectivity index (χ1v) is 7.32. The van der Waals surface area contributed by atoms with Crippen LogP contribution in [0, 0.1) is 18.8 Å². The Morgan fingerprint density at radius 1 is 1.43 bits per heavy atom. The zero-order valence-corrected chi connectivity index (χ0v) is 11.8. The fourth-order valence-corrected chi connectivity index (χ4v) is 3.02. The van der Waals surface area contributed by atoms with E-state index in [2.05, 4.69) is 20.4 Å². The molecule has 3 heterocycles. The van der Waals surface area contributed by atoms with Crippen LogP contribution in [-0.4, -0.2) is 38.2 Å². The number of amides is 1. The molecule has 1 aliphatic carbocycles. The van der Waals surface area contributed by atoms with Crippen molar-refractivity contribution in [3.05, 3.63) is 18.1 Å². The first kappa shape index (κ1) is 12.7. The number of nitrogens with one attached hydrogen (secondary N) is 1. The smallest absolute Gasteiger partial charge is 0.254 e. The van der Waals surface area contributed by atoms with Crippen molar-refractivity contribution in [1.29, 1.82) is 0 Å². The number of carbonyl (C=O) groups is 1. The Morgan fingerprint density at radius 2 is 2.29 bits per heavy atom. The molecule has 0 aromatic carbocycles. The monoisotopic (exact) mass is 287 g/mol. The summed E-state index contributed by atoms with van der Waals surface area (Å²) in [6.45, 7) is 2.55. The van der Waals surface area contributed by atoms with Crippen LogP contribution in [0.2, 0.25) is 0 Å². The Morgan fingerprint density at radius 3 is 3.10 bits per heavy atom. The van der Waals surface area contributed by atoms with Gasteiger partial charge in [0.25, 0.3) is 5.78 Å². The van der Waals surface area contributed by atoms with E-state index in [-0.39, 0.29) is 17.9 Å². The molecular weight excluding hydrogens is 270 g/mol. The number of ether oxygens (including phenoxy) is 1. The molecule has 1 saturated heterocycles. The molecule has 21 heavy (non-hydrogen) atoms. The van der Waals surface area contributed by atoms with E-state index >= 15 is 0 Å². The average molecular weight is 287 g/mol. The van der Waals surface area contributed by atoms with Crippen molar-refractivity contribution in [1.82, 2.24) is 19.6 Å². The molecule has 2 aliphatic rings. The summed E-state index contributed by atoms with van der Waals surface area (Å²) >= 11 is 0. The molecule has 2 aromatic rings. The molecule has 1 saturated carbocycles. The van der Waals surface area contributed by atoms with Crippen molar-refractivity contribution in [2.45, 2.75) is 32.3 Å². The highest BCUT2D eigenvalue weighted by atomic mass is 16.5. The molecule has 7 nitrogen and oxygen atoms in total. The molecule has 1 N–H and O–H groups in total. The Hall–Kier alpha value is -2.02. The number of hydrogen-bond donors (Lipinski definition) is 1. The summed E-state index contributed by atoms with van der Waals surface area (Å²) in [7, 11) is 0. The lowest BCUT2D eigenvalue weighted by Crippen LogP contribution is -2.31. The van der Waals surface area contributed by atoms with Crippen molar-refractivity contribution in [3.8, 4) is 0 Å². The lowest BCUT2D eigenvalue weighted by molar-refractivity contribution is -0.121. The number of nitrogens with zero attached hydrogens (tertiary/aromatic N) is 4. The number of carbonyl (C=O) groups excluding carboxylic acids is 1. The van der Waals surface area contributed by atoms with Crippen LogP contribution in [0.1, 0.15) is 25.0 Å². The van der Waals surface area contributed by atoms with Gasteiger partial charge in [-0.3, -0.25) is 4.79 Å². The van der Waals surface area contributed by atoms with E-state index in [1.54, 1.807) is 4.52 Å². The summed E-state index contributed by atoms with van der Waals surface area (Å²) in [4.78, 5) is 20.9. The predicted molar refractivity (Wildman–Crippen MR) is 74.7 cm³/mol. The molecule has 1 aliphatic heterocycles. The van der Waals surface area contributed by atoms with Crippen molar-refractivity contribution >= 4 is 17.5 Å². The number of fused-ring (bicyclic) bond motifs is 1. The highest BCUT2D eigenvalue weighted by Crippen LogP contribution is 2.41. The highest BCUT2D eigenvalue weighted by molar-refractivity contribution is 5.92. The van der Waals surface area contributed by atoms with Gasteiger partial charge < -0.3 is 10.1 Å². The van der Waals surface area contributed by atoms with Crippen LogP contribution in [0.4, 0.5) is 5.82 Å². The molecular formula is C14H17N5O2. The molecule has 0 bridgehead atoms. The summed E-state index contributed by atoms with van der Waals surface area (Å²) in [5.41, 5.74) is 0.798. The third-order valence-corrected chi connectivity index (χ3v) is 4.19. The fourth-order valence-electron chi connectivity index (χ4n) is 3.02. The summed E-state index contributed by atoms with van der Waals surface area (Å²) in [6, 6.07) is 1.81. The molecule has 1 amide bonds. The first-order chi connectivity index (χ1) is 10.2. The predicted octanol–water partition coefficient (Wildman–Crippen LogP) is 1.19. The first-order valence-electron chi connectivity index (χ1n) is 7.32. The Labute approximate surface area is 121 Å². The molecule has 0 spiro atoms. The average Bonchev–Trinajstić information content (AvgIpc) is 3.00. The number of anilines is 1. The topological polar surface area (TPSA) is 81.4 Å². The van der Waals surface area contributed by atoms with Gasteiger partial charge in [0.15, 0.2) is 0 Å². The lowest BCUT2D eigenvalue weighted by atomic mass is 9.97. The number of aromatic nitrogens is 4. The quantitative estimate of drug-likeness (QED) is 0.917. The minimum Gasteiger partial charge on any atom is -0.377 e. The SMILES string of the molecule is Cc1cc(NC(=O)[C@@H]2CCO[C@H]2C2CC2)n2ncnc2n1. The second-order valence-corrected chi connectivity index (χ2v) is 5.81. The maximum absolute atomic E-state index is 12.6. The standard InChI is InChI=1S/C14H17N5O2/c1-8-6-11(19-14(17-8)15-7-16-19)18-13(20)10-4-5-21-12(10)9-2-3-9/h6-7,9-10,12H,2-5H2,1H3,(H,18,20)/t10-,12+/m1/s1. The van der Waals surface area contributed by atoms with E-state index in [1.165, 1.54) is 19.2 Å². The molecule has 110 valence electrons. The van der Waals surface area contributed by atoms with Gasteiger partial charge in [-0.1, -0.05) is 0 Å². The van der Waals surface area contributed by atoms with E-state index in [0.29, 0.717) is 24.1 Å². The highest BCUT2D eigenvalue weighted by Gasteiger charge is 2.43. The van der Waals surface area contributed by atoms with Crippen LogP contribution in [0.15, 0.2) is 12.4 Å². The fraction of sp³-hybridized carbons (Fsp3) is 0.571. The molecule has 2 aromatic heterocycles. The van der Waals surface area contributed by atoms with Gasteiger partial charge in [-0.25, -0.2) is 4.98 Å². The second-order valence-electron chi connectivity index (χ2n) is 5.81. The van der Waals surface area contributed by atoms with Gasteiger partial charge in [-0.2, -0.15) is 14.6 Å². The molecule has 4 rings (SSSR count). The van der Waals surface area contributed by atoms with Gasteiger partial charge in [0.1, 0.15) is 12.1 Å². The minimum absolute atomic E-state index is 0.00630. The van der Waals surface area contributed by atoms with Crippen molar-refractivity contribution in [3.63, 3.8) is 0 Å². The summed E-state index contributed by atoms with van der Waals surface area (Å²) in [5, 5.41) is 7.07. The summed E-state index contributed by atoms with van der Waals surface area (Å²) in [6.07, 6.45) is 4.66. The van der Waals surface area contributed by atoms with Crippen molar-refractivity contribution < 1.29 is 9.53 Å². The van der Waals surface area contributed by atoms with Crippen LogP contribution in [0.5, 0.6) is 0 Å². The van der Waals surface area contributed by atoms with Gasteiger partial charge >= 0.3 is 0 Å². The van der Waals surface area contributed by atoms with E-state index in [9.17, 15) is 4.79 Å². The third-order valence-electron chi connectivity index (χ3n) is 4.19. The normalized spacial score (nSPS) is 25.4. The van der Waals surface area contributed by atoms with Crippen LogP contribution in [-0.2, 0) is 9.53 Å². The minimum atomic E-state index is -0.0652. The number of hydrogen-bond acceptors (Lipinski definition) is 5. The maximum Gasteiger partial charge on any atom is 0.254 e. The van der Waals surface area contributed by atoms with E-state index < -0.39 is 0 Å². The van der Waals surface area contributed by atoms with Crippen LogP contribution in [0.3, 0.4) is 0 Å². The zero-order valence-electron chi connectivity index (χ0n) is 11.8. The summed E-state index contributed by atoms with van der Waals surface area (Å²) < 4.78 is 7.29. The summed E-state index contributed by atoms with van der Waals surface area (Å²) in [5.74, 6) is 1.61. The molecule has 7 heteroatoms.